The van der Waals surface area contributed by atoms with Gasteiger partial charge in [0, 0.05) is 18.3 Å². The fourth-order valence-electron chi connectivity index (χ4n) is 2.38. The Morgan fingerprint density at radius 3 is 3.00 bits per heavy atom. The molecular weight excluding hydrogens is 214 g/mol. The zero-order chi connectivity index (χ0) is 11.8. The molecule has 2 aromatic rings. The van der Waals surface area contributed by atoms with Crippen LogP contribution in [-0.4, -0.2) is 26.7 Å². The predicted octanol–water partition coefficient (Wildman–Crippen LogP) is 0.870. The summed E-state index contributed by atoms with van der Waals surface area (Å²) < 4.78 is 2.02. The molecule has 0 bridgehead atoms. The molecule has 17 heavy (non-hydrogen) atoms. The van der Waals surface area contributed by atoms with Gasteiger partial charge in [-0.1, -0.05) is 6.07 Å². The Bertz CT molecular complexity index is 514. The zero-order valence-corrected chi connectivity index (χ0v) is 9.87. The first kappa shape index (κ1) is 10.7. The summed E-state index contributed by atoms with van der Waals surface area (Å²) >= 11 is 0. The quantitative estimate of drug-likeness (QED) is 0.822. The lowest BCUT2D eigenvalue weighted by Crippen LogP contribution is -2.49. The molecular formula is C12H17N5. The number of hydrogen-bond donors (Lipinski definition) is 2. The summed E-state index contributed by atoms with van der Waals surface area (Å²) in [7, 11) is 0. The third-order valence-corrected chi connectivity index (χ3v) is 3.39. The van der Waals surface area contributed by atoms with Gasteiger partial charge in [-0.25, -0.2) is 0 Å². The van der Waals surface area contributed by atoms with Crippen molar-refractivity contribution in [3.63, 3.8) is 0 Å². The summed E-state index contributed by atoms with van der Waals surface area (Å²) in [5, 5.41) is 11.9. The highest BCUT2D eigenvalue weighted by molar-refractivity contribution is 5.37. The highest BCUT2D eigenvalue weighted by Crippen LogP contribution is 2.21. The Morgan fingerprint density at radius 2 is 2.24 bits per heavy atom. The van der Waals surface area contributed by atoms with Crippen molar-refractivity contribution in [2.75, 3.05) is 0 Å². The number of aromatic nitrogens is 3. The smallest absolute Gasteiger partial charge is 0.160 e. The van der Waals surface area contributed by atoms with Gasteiger partial charge < -0.3 is 11.1 Å². The minimum absolute atomic E-state index is 0.199. The van der Waals surface area contributed by atoms with Crippen LogP contribution in [0, 0.1) is 0 Å². The van der Waals surface area contributed by atoms with E-state index in [2.05, 4.69) is 22.4 Å². The molecule has 0 radical (unpaired) electrons. The van der Waals surface area contributed by atoms with Crippen molar-refractivity contribution < 1.29 is 0 Å². The first-order chi connectivity index (χ1) is 8.24. The van der Waals surface area contributed by atoms with E-state index in [0.717, 1.165) is 24.3 Å². The molecule has 1 atom stereocenters. The van der Waals surface area contributed by atoms with Crippen molar-refractivity contribution in [3.8, 4) is 0 Å². The largest absolute Gasteiger partial charge is 0.328 e. The lowest BCUT2D eigenvalue weighted by atomic mass is 9.87. The van der Waals surface area contributed by atoms with Gasteiger partial charge >= 0.3 is 0 Å². The highest BCUT2D eigenvalue weighted by Gasteiger charge is 2.28. The van der Waals surface area contributed by atoms with Crippen LogP contribution in [0.15, 0.2) is 24.4 Å². The maximum absolute atomic E-state index is 5.78. The van der Waals surface area contributed by atoms with E-state index >= 15 is 0 Å². The van der Waals surface area contributed by atoms with Crippen LogP contribution in [0.25, 0.3) is 5.65 Å². The van der Waals surface area contributed by atoms with E-state index in [9.17, 15) is 0 Å². The van der Waals surface area contributed by atoms with Crippen molar-refractivity contribution in [1.82, 2.24) is 19.9 Å². The molecule has 0 saturated heterocycles. The average molecular weight is 231 g/mol. The minimum atomic E-state index is 0.199. The highest BCUT2D eigenvalue weighted by atomic mass is 15.3. The molecule has 1 fully saturated rings. The van der Waals surface area contributed by atoms with E-state index < -0.39 is 0 Å². The maximum atomic E-state index is 5.78. The first-order valence-electron chi connectivity index (χ1n) is 6.05. The molecule has 2 heterocycles. The SMILES string of the molecule is CC(NC1CC(N)C1)c1nnc2ccccn12. The third kappa shape index (κ3) is 1.92. The van der Waals surface area contributed by atoms with Gasteiger partial charge in [0.25, 0.3) is 0 Å². The van der Waals surface area contributed by atoms with E-state index in [-0.39, 0.29) is 6.04 Å². The van der Waals surface area contributed by atoms with Crippen molar-refractivity contribution >= 4 is 5.65 Å². The second-order valence-corrected chi connectivity index (χ2v) is 4.80. The Balaban J connectivity index is 1.78. The molecule has 0 amide bonds. The number of nitrogens with one attached hydrogen (secondary N) is 1. The molecule has 3 rings (SSSR count). The summed E-state index contributed by atoms with van der Waals surface area (Å²) in [6.45, 7) is 2.12. The summed E-state index contributed by atoms with van der Waals surface area (Å²) in [4.78, 5) is 0. The minimum Gasteiger partial charge on any atom is -0.328 e. The average Bonchev–Trinajstić information content (AvgIpc) is 2.70. The van der Waals surface area contributed by atoms with Gasteiger partial charge in [-0.2, -0.15) is 0 Å². The van der Waals surface area contributed by atoms with E-state index in [0.29, 0.717) is 12.1 Å². The van der Waals surface area contributed by atoms with Crippen LogP contribution in [0.3, 0.4) is 0 Å². The normalized spacial score (nSPS) is 25.8. The fraction of sp³-hybridized carbons (Fsp3) is 0.500. The Kier molecular flexibility index (Phi) is 2.57. The topological polar surface area (TPSA) is 68.2 Å². The number of pyridine rings is 1. The van der Waals surface area contributed by atoms with Crippen LogP contribution in [-0.2, 0) is 0 Å². The second-order valence-electron chi connectivity index (χ2n) is 4.80. The van der Waals surface area contributed by atoms with E-state index in [4.69, 9.17) is 5.73 Å². The van der Waals surface area contributed by atoms with Gasteiger partial charge in [-0.15, -0.1) is 10.2 Å². The molecule has 1 aliphatic carbocycles. The van der Waals surface area contributed by atoms with Gasteiger partial charge in [0.1, 0.15) is 0 Å². The molecule has 2 aromatic heterocycles. The lowest BCUT2D eigenvalue weighted by molar-refractivity contribution is 0.268. The monoisotopic (exact) mass is 231 g/mol. The van der Waals surface area contributed by atoms with Gasteiger partial charge in [-0.05, 0) is 31.9 Å². The molecule has 90 valence electrons. The summed E-state index contributed by atoms with van der Waals surface area (Å²) in [5.74, 6) is 0.959. The first-order valence-corrected chi connectivity index (χ1v) is 6.05. The van der Waals surface area contributed by atoms with Crippen LogP contribution in [0.5, 0.6) is 0 Å². The number of fused-ring (bicyclic) bond motifs is 1. The molecule has 1 saturated carbocycles. The van der Waals surface area contributed by atoms with Gasteiger partial charge in [0.15, 0.2) is 11.5 Å². The summed E-state index contributed by atoms with van der Waals surface area (Å²) in [6.07, 6.45) is 4.11. The van der Waals surface area contributed by atoms with E-state index in [1.165, 1.54) is 0 Å². The Hall–Kier alpha value is -1.46. The molecule has 1 aliphatic rings. The molecule has 5 heteroatoms. The molecule has 0 aliphatic heterocycles. The number of hydrogen-bond acceptors (Lipinski definition) is 4. The lowest BCUT2D eigenvalue weighted by Gasteiger charge is -2.35. The van der Waals surface area contributed by atoms with Crippen molar-refractivity contribution in [2.24, 2.45) is 5.73 Å². The number of nitrogens with zero attached hydrogens (tertiary/aromatic N) is 3. The van der Waals surface area contributed by atoms with Crippen LogP contribution < -0.4 is 11.1 Å². The molecule has 0 aromatic carbocycles. The zero-order valence-electron chi connectivity index (χ0n) is 9.87. The summed E-state index contributed by atoms with van der Waals surface area (Å²) in [6, 6.07) is 7.02. The third-order valence-electron chi connectivity index (χ3n) is 3.39. The molecule has 5 nitrogen and oxygen atoms in total. The van der Waals surface area contributed by atoms with Gasteiger partial charge in [-0.3, -0.25) is 4.40 Å². The second kappa shape index (κ2) is 4.09. The standard InChI is InChI=1S/C12H17N5/c1-8(14-10-6-9(13)7-10)12-16-15-11-4-2-3-5-17(11)12/h2-5,8-10,14H,6-7,13H2,1H3. The van der Waals surface area contributed by atoms with Crippen molar-refractivity contribution in [1.29, 1.82) is 0 Å². The Morgan fingerprint density at radius 1 is 1.41 bits per heavy atom. The van der Waals surface area contributed by atoms with Gasteiger partial charge in [0.05, 0.1) is 6.04 Å². The van der Waals surface area contributed by atoms with E-state index in [1.807, 2.05) is 28.8 Å². The predicted molar refractivity (Wildman–Crippen MR) is 65.5 cm³/mol. The van der Waals surface area contributed by atoms with Crippen LogP contribution in [0.2, 0.25) is 0 Å². The summed E-state index contributed by atoms with van der Waals surface area (Å²) in [5.41, 5.74) is 6.67. The van der Waals surface area contributed by atoms with Gasteiger partial charge in [0.2, 0.25) is 0 Å². The fourth-order valence-corrected chi connectivity index (χ4v) is 2.38. The van der Waals surface area contributed by atoms with Crippen LogP contribution in [0.4, 0.5) is 0 Å². The Labute approximate surface area is 100 Å². The molecule has 0 spiro atoms. The van der Waals surface area contributed by atoms with E-state index in [1.54, 1.807) is 0 Å². The molecule has 3 N–H and O–H groups in total. The molecule has 1 unspecified atom stereocenters. The number of rotatable bonds is 3. The van der Waals surface area contributed by atoms with Crippen molar-refractivity contribution in [2.45, 2.75) is 37.9 Å². The van der Waals surface area contributed by atoms with Crippen LogP contribution >= 0.6 is 0 Å². The number of nitrogens with two attached hydrogens (primary N) is 1. The van der Waals surface area contributed by atoms with Crippen molar-refractivity contribution in [3.05, 3.63) is 30.2 Å². The van der Waals surface area contributed by atoms with Crippen LogP contribution in [0.1, 0.15) is 31.6 Å². The maximum Gasteiger partial charge on any atom is 0.160 e.